The molecule has 0 aromatic heterocycles. The highest BCUT2D eigenvalue weighted by Crippen LogP contribution is 2.08. The summed E-state index contributed by atoms with van der Waals surface area (Å²) >= 11 is 0. The molecule has 0 aliphatic rings. The minimum absolute atomic E-state index is 0.132. The minimum atomic E-state index is -1.27. The molecule has 0 bridgehead atoms. The number of nitrogens with two attached hydrogens (primary N) is 1. The van der Waals surface area contributed by atoms with Crippen LogP contribution in [0.2, 0.25) is 0 Å². The number of carboxylic acids is 2. The van der Waals surface area contributed by atoms with E-state index in [0.29, 0.717) is 6.42 Å². The molecule has 0 rings (SSSR count). The standard InChI is InChI=1S/C10H18N2O5/c1-3-6(2)9(11)10(17)12(4-7(13)14)5-8(15)16/h6,9H,3-5,11H2,1-2H3,(H,13,14)(H,15,16). The lowest BCUT2D eigenvalue weighted by Crippen LogP contribution is -2.50. The van der Waals surface area contributed by atoms with E-state index in [1.807, 2.05) is 6.92 Å². The van der Waals surface area contributed by atoms with Gasteiger partial charge in [0.1, 0.15) is 13.1 Å². The molecule has 0 radical (unpaired) electrons. The highest BCUT2D eigenvalue weighted by atomic mass is 16.4. The molecule has 0 spiro atoms. The van der Waals surface area contributed by atoms with E-state index in [-0.39, 0.29) is 5.92 Å². The molecule has 2 unspecified atom stereocenters. The Morgan fingerprint density at radius 1 is 1.18 bits per heavy atom. The van der Waals surface area contributed by atoms with Crippen LogP contribution in [0.1, 0.15) is 20.3 Å². The molecule has 0 saturated heterocycles. The van der Waals surface area contributed by atoms with Crippen molar-refractivity contribution >= 4 is 17.8 Å². The molecule has 0 aliphatic heterocycles. The average molecular weight is 246 g/mol. The first-order valence-corrected chi connectivity index (χ1v) is 5.27. The van der Waals surface area contributed by atoms with Gasteiger partial charge >= 0.3 is 11.9 Å². The second-order valence-electron chi connectivity index (χ2n) is 3.89. The predicted octanol–water partition coefficient (Wildman–Crippen LogP) is -0.642. The molecular weight excluding hydrogens is 228 g/mol. The van der Waals surface area contributed by atoms with Crippen molar-refractivity contribution in [3.05, 3.63) is 0 Å². The monoisotopic (exact) mass is 246 g/mol. The number of hydrogen-bond acceptors (Lipinski definition) is 4. The van der Waals surface area contributed by atoms with Crippen LogP contribution in [0, 0.1) is 5.92 Å². The summed E-state index contributed by atoms with van der Waals surface area (Å²) in [5.74, 6) is -3.32. The lowest BCUT2D eigenvalue weighted by atomic mass is 9.99. The molecule has 0 fully saturated rings. The molecule has 0 aromatic carbocycles. The van der Waals surface area contributed by atoms with Crippen molar-refractivity contribution in [2.75, 3.05) is 13.1 Å². The van der Waals surface area contributed by atoms with Crippen LogP contribution in [0.4, 0.5) is 0 Å². The summed E-state index contributed by atoms with van der Waals surface area (Å²) in [4.78, 5) is 33.6. The fourth-order valence-corrected chi connectivity index (χ4v) is 1.25. The largest absolute Gasteiger partial charge is 0.480 e. The first-order chi connectivity index (χ1) is 7.79. The highest BCUT2D eigenvalue weighted by Gasteiger charge is 2.27. The number of carbonyl (C=O) groups excluding carboxylic acids is 1. The van der Waals surface area contributed by atoms with E-state index in [0.717, 1.165) is 4.90 Å². The Balaban J connectivity index is 4.72. The number of carbonyl (C=O) groups is 3. The number of amides is 1. The van der Waals surface area contributed by atoms with Crippen LogP contribution < -0.4 is 5.73 Å². The van der Waals surface area contributed by atoms with Crippen LogP contribution in [-0.2, 0) is 14.4 Å². The molecule has 2 atom stereocenters. The van der Waals surface area contributed by atoms with Crippen molar-refractivity contribution in [2.45, 2.75) is 26.3 Å². The van der Waals surface area contributed by atoms with Crippen molar-refractivity contribution in [1.29, 1.82) is 0 Å². The molecule has 0 heterocycles. The van der Waals surface area contributed by atoms with Gasteiger partial charge in [0.05, 0.1) is 6.04 Å². The lowest BCUT2D eigenvalue weighted by Gasteiger charge is -2.25. The van der Waals surface area contributed by atoms with Crippen LogP contribution in [0.25, 0.3) is 0 Å². The molecule has 0 saturated carbocycles. The van der Waals surface area contributed by atoms with Crippen molar-refractivity contribution < 1.29 is 24.6 Å². The molecule has 0 aromatic rings. The van der Waals surface area contributed by atoms with E-state index >= 15 is 0 Å². The maximum atomic E-state index is 11.8. The van der Waals surface area contributed by atoms with Crippen LogP contribution in [0.3, 0.4) is 0 Å². The molecular formula is C10H18N2O5. The molecule has 7 heteroatoms. The Labute approximate surface area is 99.2 Å². The van der Waals surface area contributed by atoms with Gasteiger partial charge in [-0.05, 0) is 5.92 Å². The summed E-state index contributed by atoms with van der Waals surface area (Å²) < 4.78 is 0. The fourth-order valence-electron chi connectivity index (χ4n) is 1.25. The Morgan fingerprint density at radius 2 is 1.59 bits per heavy atom. The first kappa shape index (κ1) is 15.4. The summed E-state index contributed by atoms with van der Waals surface area (Å²) in [6.07, 6.45) is 0.654. The maximum Gasteiger partial charge on any atom is 0.323 e. The number of rotatable bonds is 7. The van der Waals surface area contributed by atoms with E-state index in [4.69, 9.17) is 15.9 Å². The van der Waals surface area contributed by atoms with Gasteiger partial charge in [-0.25, -0.2) is 0 Å². The Kier molecular flexibility index (Phi) is 6.19. The van der Waals surface area contributed by atoms with Gasteiger partial charge in [-0.1, -0.05) is 20.3 Å². The van der Waals surface area contributed by atoms with E-state index in [2.05, 4.69) is 0 Å². The number of nitrogens with zero attached hydrogens (tertiary/aromatic N) is 1. The third-order valence-electron chi connectivity index (χ3n) is 2.51. The van der Waals surface area contributed by atoms with Gasteiger partial charge in [0.2, 0.25) is 5.91 Å². The second-order valence-corrected chi connectivity index (χ2v) is 3.89. The molecule has 17 heavy (non-hydrogen) atoms. The first-order valence-electron chi connectivity index (χ1n) is 5.27. The lowest BCUT2D eigenvalue weighted by molar-refractivity contribution is -0.150. The summed E-state index contributed by atoms with van der Waals surface area (Å²) in [5, 5.41) is 17.2. The molecule has 7 nitrogen and oxygen atoms in total. The smallest absolute Gasteiger partial charge is 0.323 e. The van der Waals surface area contributed by atoms with Crippen molar-refractivity contribution in [3.63, 3.8) is 0 Å². The normalized spacial score (nSPS) is 13.8. The fraction of sp³-hybridized carbons (Fsp3) is 0.700. The predicted molar refractivity (Wildman–Crippen MR) is 59.3 cm³/mol. The molecule has 98 valence electrons. The van der Waals surface area contributed by atoms with Gasteiger partial charge < -0.3 is 20.8 Å². The summed E-state index contributed by atoms with van der Waals surface area (Å²) in [7, 11) is 0. The van der Waals surface area contributed by atoms with E-state index in [1.165, 1.54) is 0 Å². The van der Waals surface area contributed by atoms with Gasteiger partial charge in [0.15, 0.2) is 0 Å². The van der Waals surface area contributed by atoms with E-state index in [1.54, 1.807) is 6.92 Å². The number of aliphatic carboxylic acids is 2. The Bertz CT molecular complexity index is 289. The van der Waals surface area contributed by atoms with Crippen LogP contribution in [0.15, 0.2) is 0 Å². The topological polar surface area (TPSA) is 121 Å². The summed E-state index contributed by atoms with van der Waals surface area (Å²) in [6.45, 7) is 2.28. The van der Waals surface area contributed by atoms with Crippen LogP contribution >= 0.6 is 0 Å². The van der Waals surface area contributed by atoms with Crippen LogP contribution in [-0.4, -0.2) is 52.1 Å². The minimum Gasteiger partial charge on any atom is -0.480 e. The molecule has 4 N–H and O–H groups in total. The van der Waals surface area contributed by atoms with E-state index in [9.17, 15) is 14.4 Å². The second kappa shape index (κ2) is 6.85. The zero-order valence-corrected chi connectivity index (χ0v) is 9.92. The quantitative estimate of drug-likeness (QED) is 0.549. The third kappa shape index (κ3) is 5.30. The zero-order chi connectivity index (χ0) is 13.6. The Hall–Kier alpha value is -1.63. The van der Waals surface area contributed by atoms with Crippen molar-refractivity contribution in [2.24, 2.45) is 11.7 Å². The van der Waals surface area contributed by atoms with Gasteiger partial charge in [-0.3, -0.25) is 14.4 Å². The number of hydrogen-bond donors (Lipinski definition) is 3. The van der Waals surface area contributed by atoms with Gasteiger partial charge in [-0.2, -0.15) is 0 Å². The van der Waals surface area contributed by atoms with Crippen molar-refractivity contribution in [3.8, 4) is 0 Å². The molecule has 0 aliphatic carbocycles. The third-order valence-corrected chi connectivity index (χ3v) is 2.51. The molecule has 1 amide bonds. The highest BCUT2D eigenvalue weighted by molar-refractivity contribution is 5.88. The van der Waals surface area contributed by atoms with Crippen molar-refractivity contribution in [1.82, 2.24) is 4.90 Å². The van der Waals surface area contributed by atoms with Gasteiger partial charge in [0.25, 0.3) is 0 Å². The zero-order valence-electron chi connectivity index (χ0n) is 9.92. The Morgan fingerprint density at radius 3 is 1.88 bits per heavy atom. The summed E-state index contributed by atoms with van der Waals surface area (Å²) in [6, 6.07) is -0.876. The van der Waals surface area contributed by atoms with Crippen LogP contribution in [0.5, 0.6) is 0 Å². The maximum absolute atomic E-state index is 11.8. The SMILES string of the molecule is CCC(C)C(N)C(=O)N(CC(=O)O)CC(=O)O. The average Bonchev–Trinajstić information content (AvgIpc) is 2.23. The van der Waals surface area contributed by atoms with E-state index < -0.39 is 37.0 Å². The van der Waals surface area contributed by atoms with Gasteiger partial charge in [-0.15, -0.1) is 0 Å². The summed E-state index contributed by atoms with van der Waals surface area (Å²) in [5.41, 5.74) is 5.65. The number of carboxylic acid groups (broad SMARTS) is 2. The van der Waals surface area contributed by atoms with Gasteiger partial charge in [0, 0.05) is 0 Å².